The molecule has 4 unspecified atom stereocenters. The van der Waals surface area contributed by atoms with Crippen molar-refractivity contribution in [1.82, 2.24) is 14.9 Å². The molecule has 11 heteroatoms. The summed E-state index contributed by atoms with van der Waals surface area (Å²) < 4.78 is 17.4. The van der Waals surface area contributed by atoms with Gasteiger partial charge in [-0.3, -0.25) is 0 Å². The number of benzene rings is 2. The number of ether oxygens (including phenoxy) is 3. The number of anilines is 4. The van der Waals surface area contributed by atoms with Crippen LogP contribution in [0.5, 0.6) is 5.75 Å². The summed E-state index contributed by atoms with van der Waals surface area (Å²) in [5.41, 5.74) is 2.27. The summed E-state index contributed by atoms with van der Waals surface area (Å²) in [6, 6.07) is 18.0. The van der Waals surface area contributed by atoms with Crippen molar-refractivity contribution < 1.29 is 19.0 Å². The second kappa shape index (κ2) is 12.0. The zero-order valence-electron chi connectivity index (χ0n) is 24.7. The highest BCUT2D eigenvalue weighted by Gasteiger charge is 2.42. The molecule has 43 heavy (non-hydrogen) atoms. The van der Waals surface area contributed by atoms with Crippen molar-refractivity contribution in [2.24, 2.45) is 0 Å². The topological polar surface area (TPSA) is 104 Å². The summed E-state index contributed by atoms with van der Waals surface area (Å²) in [7, 11) is 4.01. The second-order valence-electron chi connectivity index (χ2n) is 12.1. The van der Waals surface area contributed by atoms with Crippen molar-refractivity contribution >= 4 is 29.0 Å². The zero-order valence-corrected chi connectivity index (χ0v) is 24.7. The van der Waals surface area contributed by atoms with E-state index in [0.717, 1.165) is 75.1 Å². The second-order valence-corrected chi connectivity index (χ2v) is 12.1. The number of hydrogen-bond acceptors (Lipinski definition) is 9. The summed E-state index contributed by atoms with van der Waals surface area (Å²) in [5, 5.41) is 5.79. The number of urea groups is 1. The van der Waals surface area contributed by atoms with Crippen molar-refractivity contribution in [1.29, 1.82) is 0 Å². The van der Waals surface area contributed by atoms with E-state index >= 15 is 0 Å². The van der Waals surface area contributed by atoms with Gasteiger partial charge < -0.3 is 39.5 Å². The van der Waals surface area contributed by atoms with E-state index in [9.17, 15) is 4.79 Å². The molecule has 4 atom stereocenters. The van der Waals surface area contributed by atoms with Crippen molar-refractivity contribution in [2.45, 2.75) is 43.5 Å². The van der Waals surface area contributed by atoms with Crippen LogP contribution in [0.1, 0.15) is 19.3 Å². The third-order valence-electron chi connectivity index (χ3n) is 8.72. The van der Waals surface area contributed by atoms with Crippen LogP contribution in [-0.2, 0) is 9.47 Å². The zero-order chi connectivity index (χ0) is 29.3. The van der Waals surface area contributed by atoms with Crippen LogP contribution in [0.15, 0.2) is 54.6 Å². The third kappa shape index (κ3) is 6.11. The lowest BCUT2D eigenvalue weighted by Gasteiger charge is -2.36. The van der Waals surface area contributed by atoms with Crippen LogP contribution < -0.4 is 25.2 Å². The maximum Gasteiger partial charge on any atom is 0.323 e. The number of fused-ring (bicyclic) bond motifs is 4. The maximum absolute atomic E-state index is 12.7. The number of hydrogen-bond donors (Lipinski definition) is 2. The summed E-state index contributed by atoms with van der Waals surface area (Å²) in [5.74, 6) is 3.38. The van der Waals surface area contributed by atoms with E-state index in [1.807, 2.05) is 62.6 Å². The molecule has 0 spiro atoms. The molecule has 11 nitrogen and oxygen atoms in total. The van der Waals surface area contributed by atoms with Crippen LogP contribution in [0.3, 0.4) is 0 Å². The lowest BCUT2D eigenvalue weighted by molar-refractivity contribution is 0.0902. The molecule has 1 aromatic heterocycles. The van der Waals surface area contributed by atoms with Gasteiger partial charge in [-0.05, 0) is 81.9 Å². The first kappa shape index (κ1) is 27.9. The highest BCUT2D eigenvalue weighted by Crippen LogP contribution is 2.38. The Hall–Kier alpha value is -3.93. The van der Waals surface area contributed by atoms with Gasteiger partial charge in [-0.1, -0.05) is 0 Å². The minimum Gasteiger partial charge on any atom is -0.492 e. The third-order valence-corrected chi connectivity index (χ3v) is 8.72. The predicted molar refractivity (Wildman–Crippen MR) is 166 cm³/mol. The molecule has 5 heterocycles. The number of rotatable bonds is 9. The lowest BCUT2D eigenvalue weighted by Crippen LogP contribution is -2.46. The smallest absolute Gasteiger partial charge is 0.323 e. The fourth-order valence-electron chi connectivity index (χ4n) is 6.49. The van der Waals surface area contributed by atoms with Gasteiger partial charge in [-0.2, -0.15) is 0 Å². The van der Waals surface area contributed by atoms with Crippen LogP contribution in [0, 0.1) is 0 Å². The fourth-order valence-corrected chi connectivity index (χ4v) is 6.49. The van der Waals surface area contributed by atoms with Gasteiger partial charge in [0.25, 0.3) is 0 Å². The Labute approximate surface area is 252 Å². The van der Waals surface area contributed by atoms with E-state index in [-0.39, 0.29) is 12.1 Å². The van der Waals surface area contributed by atoms with Crippen molar-refractivity contribution in [3.8, 4) is 17.1 Å². The number of carbonyl (C=O) groups is 1. The molecule has 4 aliphatic heterocycles. The Bertz CT molecular complexity index is 1420. The molecular weight excluding hydrogens is 546 g/mol. The molecule has 2 aromatic carbocycles. The lowest BCUT2D eigenvalue weighted by atomic mass is 10.2. The molecule has 7 rings (SSSR count). The van der Waals surface area contributed by atoms with Crippen LogP contribution in [0.25, 0.3) is 11.4 Å². The van der Waals surface area contributed by atoms with Gasteiger partial charge in [0.15, 0.2) is 5.82 Å². The first-order valence-electron chi connectivity index (χ1n) is 15.2. The van der Waals surface area contributed by atoms with Gasteiger partial charge in [0, 0.05) is 36.1 Å². The van der Waals surface area contributed by atoms with E-state index in [0.29, 0.717) is 41.9 Å². The molecule has 4 fully saturated rings. The Balaban J connectivity index is 1.05. The first-order valence-corrected chi connectivity index (χ1v) is 15.2. The molecule has 2 N–H and O–H groups in total. The van der Waals surface area contributed by atoms with Gasteiger partial charge in [0.1, 0.15) is 24.0 Å². The molecule has 4 bridgehead atoms. The fraction of sp³-hybridized carbons (Fsp3) is 0.469. The quantitative estimate of drug-likeness (QED) is 0.385. The molecule has 0 saturated carbocycles. The summed E-state index contributed by atoms with van der Waals surface area (Å²) >= 11 is 0. The van der Waals surface area contributed by atoms with Gasteiger partial charge in [0.2, 0.25) is 0 Å². The SMILES string of the molecule is CN(C)CCOc1ccc(NC(=O)Nc2ccc(-c3nc(N4CC5CC4CO5)cc(N4C5CCC4COC5)n3)cc2)cc1. The van der Waals surface area contributed by atoms with E-state index in [2.05, 4.69) is 31.4 Å². The van der Waals surface area contributed by atoms with E-state index in [4.69, 9.17) is 24.2 Å². The van der Waals surface area contributed by atoms with Crippen LogP contribution in [0.2, 0.25) is 0 Å². The Kier molecular flexibility index (Phi) is 7.77. The number of nitrogens with zero attached hydrogens (tertiary/aromatic N) is 5. The molecule has 0 radical (unpaired) electrons. The first-order chi connectivity index (χ1) is 21.0. The molecule has 226 valence electrons. The minimum absolute atomic E-state index is 0.280. The molecule has 0 aliphatic carbocycles. The highest BCUT2D eigenvalue weighted by atomic mass is 16.5. The summed E-state index contributed by atoms with van der Waals surface area (Å²) in [6.07, 6.45) is 3.58. The van der Waals surface area contributed by atoms with Gasteiger partial charge in [0.05, 0.1) is 44.1 Å². The van der Waals surface area contributed by atoms with Crippen molar-refractivity contribution in [3.05, 3.63) is 54.6 Å². The molecule has 4 aliphatic rings. The van der Waals surface area contributed by atoms with Crippen molar-refractivity contribution in [2.75, 3.05) is 74.0 Å². The van der Waals surface area contributed by atoms with Crippen molar-refractivity contribution in [3.63, 3.8) is 0 Å². The number of morpholine rings is 2. The van der Waals surface area contributed by atoms with Gasteiger partial charge in [-0.15, -0.1) is 0 Å². The van der Waals surface area contributed by atoms with E-state index in [1.54, 1.807) is 0 Å². The number of likely N-dealkylation sites (N-methyl/N-ethyl adjacent to an activating group) is 1. The Morgan fingerprint density at radius 2 is 1.60 bits per heavy atom. The van der Waals surface area contributed by atoms with Crippen LogP contribution in [0.4, 0.5) is 27.8 Å². The van der Waals surface area contributed by atoms with E-state index in [1.165, 1.54) is 0 Å². The molecule has 2 amide bonds. The largest absolute Gasteiger partial charge is 0.492 e. The number of carbonyl (C=O) groups excluding carboxylic acids is 1. The predicted octanol–water partition coefficient (Wildman–Crippen LogP) is 4.07. The molecular formula is C32H39N7O4. The van der Waals surface area contributed by atoms with E-state index < -0.39 is 0 Å². The van der Waals surface area contributed by atoms with Gasteiger partial charge in [-0.25, -0.2) is 14.8 Å². The standard InChI is InChI=1S/C32H39N7O4/c1-37(2)13-14-42-27-11-7-23(8-12-27)34-32(40)33-22-5-3-21(4-6-22)31-35-29(38-17-28-15-26(38)20-43-28)16-30(36-31)39-24-9-10-25(39)19-41-18-24/h3-8,11-12,16,24-26,28H,9-10,13-15,17-20H2,1-2H3,(H2,33,34,40). The average molecular weight is 586 g/mol. The minimum atomic E-state index is -0.316. The van der Waals surface area contributed by atoms with Gasteiger partial charge >= 0.3 is 6.03 Å². The summed E-state index contributed by atoms with van der Waals surface area (Å²) in [6.45, 7) is 4.54. The Morgan fingerprint density at radius 1 is 0.930 bits per heavy atom. The monoisotopic (exact) mass is 585 g/mol. The molecule has 3 aromatic rings. The number of aromatic nitrogens is 2. The normalized spacial score (nSPS) is 24.1. The molecule has 4 saturated heterocycles. The number of amides is 2. The highest BCUT2D eigenvalue weighted by molar-refractivity contribution is 5.99. The Morgan fingerprint density at radius 3 is 2.23 bits per heavy atom. The average Bonchev–Trinajstić information content (AvgIpc) is 3.71. The number of nitrogens with one attached hydrogen (secondary N) is 2. The summed E-state index contributed by atoms with van der Waals surface area (Å²) in [4.78, 5) is 29.7. The van der Waals surface area contributed by atoms with Crippen LogP contribution >= 0.6 is 0 Å². The van der Waals surface area contributed by atoms with Crippen LogP contribution in [-0.4, -0.2) is 98.7 Å². The maximum atomic E-state index is 12.7.